The van der Waals surface area contributed by atoms with Crippen molar-refractivity contribution in [2.45, 2.75) is 19.9 Å². The van der Waals surface area contributed by atoms with Crippen LogP contribution >= 0.6 is 27.3 Å². The van der Waals surface area contributed by atoms with Gasteiger partial charge in [-0.2, -0.15) is 0 Å². The molecule has 1 atom stereocenters. The summed E-state index contributed by atoms with van der Waals surface area (Å²) in [4.78, 5) is 12.2. The van der Waals surface area contributed by atoms with Gasteiger partial charge in [-0.05, 0) is 40.7 Å². The lowest BCUT2D eigenvalue weighted by molar-refractivity contribution is 0.0971. The lowest BCUT2D eigenvalue weighted by Crippen LogP contribution is -2.26. The van der Waals surface area contributed by atoms with Gasteiger partial charge < -0.3 is 5.73 Å². The van der Waals surface area contributed by atoms with Crippen molar-refractivity contribution in [1.29, 1.82) is 0 Å². The average molecular weight is 248 g/mol. The monoisotopic (exact) mass is 247 g/mol. The number of rotatable bonds is 2. The molecule has 4 heteroatoms. The molecule has 1 heterocycles. The second kappa shape index (κ2) is 3.68. The quantitative estimate of drug-likeness (QED) is 0.816. The number of hydrogen-bond acceptors (Lipinski definition) is 3. The largest absolute Gasteiger partial charge is 0.321 e. The Morgan fingerprint density at radius 3 is 2.67 bits per heavy atom. The molecule has 1 rings (SSSR count). The molecule has 2 nitrogen and oxygen atoms in total. The van der Waals surface area contributed by atoms with E-state index < -0.39 is 6.04 Å². The van der Waals surface area contributed by atoms with Crippen LogP contribution in [0.5, 0.6) is 0 Å². The maximum atomic E-state index is 11.4. The number of aryl methyl sites for hydroxylation is 1. The molecule has 66 valence electrons. The summed E-state index contributed by atoms with van der Waals surface area (Å²) in [5.41, 5.74) is 6.57. The van der Waals surface area contributed by atoms with Crippen molar-refractivity contribution < 1.29 is 4.79 Å². The summed E-state index contributed by atoms with van der Waals surface area (Å²) >= 11 is 4.79. The van der Waals surface area contributed by atoms with E-state index in [-0.39, 0.29) is 5.78 Å². The van der Waals surface area contributed by atoms with E-state index in [1.54, 1.807) is 6.92 Å². The summed E-state index contributed by atoms with van der Waals surface area (Å²) in [6.45, 7) is 3.66. The molecule has 2 N–H and O–H groups in total. The smallest absolute Gasteiger partial charge is 0.190 e. The summed E-state index contributed by atoms with van der Waals surface area (Å²) in [6.07, 6.45) is 0. The Kier molecular flexibility index (Phi) is 3.04. The van der Waals surface area contributed by atoms with Crippen molar-refractivity contribution in [3.05, 3.63) is 20.3 Å². The first-order valence-corrected chi connectivity index (χ1v) is 5.24. The van der Waals surface area contributed by atoms with Gasteiger partial charge in [-0.3, -0.25) is 4.79 Å². The van der Waals surface area contributed by atoms with E-state index in [2.05, 4.69) is 15.9 Å². The van der Waals surface area contributed by atoms with Gasteiger partial charge in [-0.1, -0.05) is 0 Å². The molecule has 0 aliphatic heterocycles. The molecule has 0 aromatic carbocycles. The molecule has 0 bridgehead atoms. The zero-order valence-corrected chi connectivity index (χ0v) is 9.33. The highest BCUT2D eigenvalue weighted by Gasteiger charge is 2.16. The standard InChI is InChI=1S/C8H10BrNOS/c1-4-3-12-8(6(4)9)7(11)5(2)10/h3,5H,10H2,1-2H3. The first-order chi connectivity index (χ1) is 5.54. The Hall–Kier alpha value is -0.190. The van der Waals surface area contributed by atoms with Crippen molar-refractivity contribution >= 4 is 33.0 Å². The molecule has 1 aromatic heterocycles. The molecule has 0 spiro atoms. The van der Waals surface area contributed by atoms with E-state index in [4.69, 9.17) is 5.73 Å². The van der Waals surface area contributed by atoms with Crippen LogP contribution in [0.25, 0.3) is 0 Å². The highest BCUT2D eigenvalue weighted by atomic mass is 79.9. The van der Waals surface area contributed by atoms with Crippen molar-refractivity contribution in [2.75, 3.05) is 0 Å². The van der Waals surface area contributed by atoms with Crippen LogP contribution in [0.3, 0.4) is 0 Å². The fourth-order valence-electron chi connectivity index (χ4n) is 0.803. The minimum absolute atomic E-state index is 0.0000231. The topological polar surface area (TPSA) is 43.1 Å². The minimum Gasteiger partial charge on any atom is -0.321 e. The number of carbonyl (C=O) groups is 1. The van der Waals surface area contributed by atoms with Crippen LogP contribution in [-0.4, -0.2) is 11.8 Å². The molecule has 12 heavy (non-hydrogen) atoms. The van der Waals surface area contributed by atoms with Crippen molar-refractivity contribution in [3.8, 4) is 0 Å². The lowest BCUT2D eigenvalue weighted by atomic mass is 10.2. The van der Waals surface area contributed by atoms with Gasteiger partial charge in [0.05, 0.1) is 10.9 Å². The van der Waals surface area contributed by atoms with E-state index >= 15 is 0 Å². The highest BCUT2D eigenvalue weighted by Crippen LogP contribution is 2.28. The molecular weight excluding hydrogens is 238 g/mol. The normalized spacial score (nSPS) is 13.0. The van der Waals surface area contributed by atoms with E-state index in [0.717, 1.165) is 14.9 Å². The summed E-state index contributed by atoms with van der Waals surface area (Å²) < 4.78 is 0.884. The van der Waals surface area contributed by atoms with Gasteiger partial charge >= 0.3 is 0 Å². The number of hydrogen-bond donors (Lipinski definition) is 1. The Bertz CT molecular complexity index is 306. The van der Waals surface area contributed by atoms with E-state index in [1.807, 2.05) is 12.3 Å². The first-order valence-electron chi connectivity index (χ1n) is 3.57. The zero-order valence-electron chi connectivity index (χ0n) is 6.93. The third-order valence-corrected chi connectivity index (χ3v) is 3.93. The molecule has 1 unspecified atom stereocenters. The summed E-state index contributed by atoms with van der Waals surface area (Å²) in [5.74, 6) is -0.0000231. The van der Waals surface area contributed by atoms with Crippen molar-refractivity contribution in [3.63, 3.8) is 0 Å². The zero-order chi connectivity index (χ0) is 9.30. The molecular formula is C8H10BrNOS. The maximum absolute atomic E-state index is 11.4. The highest BCUT2D eigenvalue weighted by molar-refractivity contribution is 9.10. The fraction of sp³-hybridized carbons (Fsp3) is 0.375. The third kappa shape index (κ3) is 1.76. The van der Waals surface area contributed by atoms with Crippen LogP contribution < -0.4 is 5.73 Å². The van der Waals surface area contributed by atoms with Crippen molar-refractivity contribution in [1.82, 2.24) is 0 Å². The number of carbonyl (C=O) groups excluding carboxylic acids is 1. The minimum atomic E-state index is -0.417. The molecule has 0 saturated heterocycles. The van der Waals surface area contributed by atoms with Crippen LogP contribution in [-0.2, 0) is 0 Å². The van der Waals surface area contributed by atoms with Crippen LogP contribution in [0.2, 0.25) is 0 Å². The van der Waals surface area contributed by atoms with E-state index in [0.29, 0.717) is 0 Å². The molecule has 0 aliphatic rings. The molecule has 0 fully saturated rings. The average Bonchev–Trinajstić information content (AvgIpc) is 2.32. The molecule has 0 radical (unpaired) electrons. The Morgan fingerprint density at radius 1 is 1.75 bits per heavy atom. The summed E-state index contributed by atoms with van der Waals surface area (Å²) in [6, 6.07) is -0.417. The maximum Gasteiger partial charge on any atom is 0.190 e. The Labute approximate surface area is 83.9 Å². The molecule has 0 amide bonds. The van der Waals surface area contributed by atoms with Gasteiger partial charge in [0, 0.05) is 4.47 Å². The summed E-state index contributed by atoms with van der Waals surface area (Å²) in [7, 11) is 0. The van der Waals surface area contributed by atoms with Crippen LogP contribution in [0.15, 0.2) is 9.85 Å². The van der Waals surface area contributed by atoms with Crippen LogP contribution in [0.1, 0.15) is 22.2 Å². The van der Waals surface area contributed by atoms with Gasteiger partial charge in [0.2, 0.25) is 0 Å². The summed E-state index contributed by atoms with van der Waals surface area (Å²) in [5, 5.41) is 1.94. The third-order valence-electron chi connectivity index (χ3n) is 1.54. The molecule has 1 aromatic rings. The Balaban J connectivity index is 3.04. The van der Waals surface area contributed by atoms with E-state index in [1.165, 1.54) is 11.3 Å². The SMILES string of the molecule is Cc1csc(C(=O)C(C)N)c1Br. The second-order valence-corrected chi connectivity index (χ2v) is 4.39. The number of thiophene rings is 1. The number of halogens is 1. The van der Waals surface area contributed by atoms with Gasteiger partial charge in [0.15, 0.2) is 5.78 Å². The predicted octanol–water partition coefficient (Wildman–Crippen LogP) is 2.35. The van der Waals surface area contributed by atoms with Crippen LogP contribution in [0.4, 0.5) is 0 Å². The molecule has 0 saturated carbocycles. The molecule has 0 aliphatic carbocycles. The first kappa shape index (κ1) is 9.89. The van der Waals surface area contributed by atoms with Crippen molar-refractivity contribution in [2.24, 2.45) is 5.73 Å². The van der Waals surface area contributed by atoms with Gasteiger partial charge in [-0.15, -0.1) is 11.3 Å². The van der Waals surface area contributed by atoms with Crippen LogP contribution in [0, 0.1) is 6.92 Å². The van der Waals surface area contributed by atoms with Gasteiger partial charge in [-0.25, -0.2) is 0 Å². The number of nitrogens with two attached hydrogens (primary N) is 1. The van der Waals surface area contributed by atoms with E-state index in [9.17, 15) is 4.79 Å². The lowest BCUT2D eigenvalue weighted by Gasteiger charge is -2.01. The fourth-order valence-corrected chi connectivity index (χ4v) is 2.52. The number of ketones is 1. The predicted molar refractivity (Wildman–Crippen MR) is 54.7 cm³/mol. The van der Waals surface area contributed by atoms with Gasteiger partial charge in [0.1, 0.15) is 0 Å². The second-order valence-electron chi connectivity index (χ2n) is 2.71. The Morgan fingerprint density at radius 2 is 2.33 bits per heavy atom. The number of Topliss-reactive ketones (excluding diaryl/α,β-unsaturated/α-hetero) is 1. The van der Waals surface area contributed by atoms with Gasteiger partial charge in [0.25, 0.3) is 0 Å².